The summed E-state index contributed by atoms with van der Waals surface area (Å²) in [7, 11) is 1.72. The largest absolute Gasteiger partial charge is 0.461 e. The molecule has 0 bridgehead atoms. The lowest BCUT2D eigenvalue weighted by atomic mass is 10.1. The van der Waals surface area contributed by atoms with E-state index in [9.17, 15) is 14.0 Å². The lowest BCUT2D eigenvalue weighted by molar-refractivity contribution is -0.115. The van der Waals surface area contributed by atoms with Crippen LogP contribution in [0.4, 0.5) is 10.1 Å². The van der Waals surface area contributed by atoms with E-state index in [4.69, 9.17) is 9.47 Å². The Morgan fingerprint density at radius 1 is 1.22 bits per heavy atom. The predicted molar refractivity (Wildman–Crippen MR) is 122 cm³/mol. The minimum atomic E-state index is -0.376. The number of thioether (sulfide) groups is 1. The third kappa shape index (κ3) is 4.98. The molecule has 1 unspecified atom stereocenters. The average Bonchev–Trinajstić information content (AvgIpc) is 3.41. The summed E-state index contributed by atoms with van der Waals surface area (Å²) in [6.45, 7) is 4.69. The van der Waals surface area contributed by atoms with Crippen molar-refractivity contribution < 1.29 is 23.5 Å². The van der Waals surface area contributed by atoms with Gasteiger partial charge in [-0.25, -0.2) is 9.18 Å². The normalized spacial score (nSPS) is 21.3. The Hall–Kier alpha value is -2.42. The molecule has 2 aliphatic heterocycles. The molecule has 2 aliphatic rings. The minimum Gasteiger partial charge on any atom is -0.461 e. The Labute approximate surface area is 191 Å². The number of benzene rings is 2. The molecule has 2 heterocycles. The molecule has 32 heavy (non-hydrogen) atoms. The molecular weight excluding hydrogens is 431 g/mol. The van der Waals surface area contributed by atoms with Gasteiger partial charge in [-0.15, -0.1) is 11.8 Å². The predicted octanol–water partition coefficient (Wildman–Crippen LogP) is 3.79. The molecule has 2 atom stereocenters. The van der Waals surface area contributed by atoms with Crippen molar-refractivity contribution in [2.24, 2.45) is 0 Å². The summed E-state index contributed by atoms with van der Waals surface area (Å²) < 4.78 is 24.1. The summed E-state index contributed by atoms with van der Waals surface area (Å²) in [6.07, 6.45) is 1.25. The molecule has 0 aliphatic carbocycles. The maximum Gasteiger partial charge on any atom is 0.338 e. The highest BCUT2D eigenvalue weighted by atomic mass is 32.2. The van der Waals surface area contributed by atoms with Crippen LogP contribution in [0.15, 0.2) is 42.5 Å². The lowest BCUT2D eigenvalue weighted by Crippen LogP contribution is -2.29. The number of hydrogen-bond donors (Lipinski definition) is 0. The highest BCUT2D eigenvalue weighted by molar-refractivity contribution is 8.00. The first-order valence-corrected chi connectivity index (χ1v) is 11.7. The van der Waals surface area contributed by atoms with E-state index in [0.717, 1.165) is 36.3 Å². The number of hydrogen-bond acceptors (Lipinski definition) is 6. The van der Waals surface area contributed by atoms with E-state index in [-0.39, 0.29) is 29.2 Å². The second kappa shape index (κ2) is 10.0. The summed E-state index contributed by atoms with van der Waals surface area (Å²) in [6, 6.07) is 11.5. The van der Waals surface area contributed by atoms with Crippen molar-refractivity contribution in [1.29, 1.82) is 0 Å². The number of carbonyl (C=O) groups excluding carboxylic acids is 2. The topological polar surface area (TPSA) is 59.1 Å². The quantitative estimate of drug-likeness (QED) is 0.589. The molecule has 0 saturated carbocycles. The van der Waals surface area contributed by atoms with Crippen molar-refractivity contribution in [3.8, 4) is 0 Å². The third-order valence-electron chi connectivity index (χ3n) is 5.92. The number of methoxy groups -OCH3 is 1. The molecule has 8 heteroatoms. The van der Waals surface area contributed by atoms with Crippen LogP contribution in [0.5, 0.6) is 0 Å². The zero-order chi connectivity index (χ0) is 22.7. The first-order chi connectivity index (χ1) is 15.5. The van der Waals surface area contributed by atoms with Crippen LogP contribution >= 0.6 is 11.8 Å². The molecule has 2 fully saturated rings. The van der Waals surface area contributed by atoms with Crippen LogP contribution in [0.25, 0.3) is 0 Å². The van der Waals surface area contributed by atoms with E-state index in [0.29, 0.717) is 24.5 Å². The maximum atomic E-state index is 13.3. The van der Waals surface area contributed by atoms with E-state index in [1.807, 2.05) is 6.92 Å². The number of esters is 1. The smallest absolute Gasteiger partial charge is 0.338 e. The van der Waals surface area contributed by atoms with Gasteiger partial charge in [0.1, 0.15) is 17.8 Å². The molecule has 2 saturated heterocycles. The van der Waals surface area contributed by atoms with Crippen LogP contribution in [0.3, 0.4) is 0 Å². The zero-order valence-electron chi connectivity index (χ0n) is 18.3. The van der Waals surface area contributed by atoms with Crippen LogP contribution < -0.4 is 4.90 Å². The highest BCUT2D eigenvalue weighted by Gasteiger charge is 2.35. The van der Waals surface area contributed by atoms with E-state index in [1.54, 1.807) is 42.3 Å². The number of amides is 1. The Morgan fingerprint density at radius 3 is 2.69 bits per heavy atom. The second-order valence-electron chi connectivity index (χ2n) is 8.06. The van der Waals surface area contributed by atoms with Gasteiger partial charge in [0.25, 0.3) is 0 Å². The average molecular weight is 459 g/mol. The molecule has 0 radical (unpaired) electrons. The van der Waals surface area contributed by atoms with Crippen LogP contribution in [-0.4, -0.2) is 62.0 Å². The Morgan fingerprint density at radius 2 is 2.00 bits per heavy atom. The van der Waals surface area contributed by atoms with Crippen molar-refractivity contribution in [2.45, 2.75) is 24.8 Å². The molecule has 170 valence electrons. The molecule has 6 nitrogen and oxygen atoms in total. The van der Waals surface area contributed by atoms with Gasteiger partial charge in [-0.3, -0.25) is 14.6 Å². The Kier molecular flexibility index (Phi) is 7.13. The Balaban J connectivity index is 1.41. The van der Waals surface area contributed by atoms with Gasteiger partial charge in [0.2, 0.25) is 5.91 Å². The monoisotopic (exact) mass is 458 g/mol. The van der Waals surface area contributed by atoms with Crippen LogP contribution in [-0.2, 0) is 14.3 Å². The number of rotatable bonds is 7. The molecule has 0 N–H and O–H groups in total. The van der Waals surface area contributed by atoms with Crippen molar-refractivity contribution >= 4 is 29.3 Å². The number of nitrogens with zero attached hydrogens (tertiary/aromatic N) is 2. The van der Waals surface area contributed by atoms with Crippen LogP contribution in [0, 0.1) is 12.7 Å². The van der Waals surface area contributed by atoms with Gasteiger partial charge >= 0.3 is 5.97 Å². The summed E-state index contributed by atoms with van der Waals surface area (Å²) in [5.41, 5.74) is 2.88. The number of halogens is 1. The molecule has 2 aromatic carbocycles. The highest BCUT2D eigenvalue weighted by Crippen LogP contribution is 2.42. The number of ether oxygens (including phenoxy) is 2. The van der Waals surface area contributed by atoms with Gasteiger partial charge in [-0.2, -0.15) is 0 Å². The first kappa shape index (κ1) is 22.8. The first-order valence-electron chi connectivity index (χ1n) is 10.7. The fraction of sp³-hybridized carbons (Fsp3) is 0.417. The lowest BCUT2D eigenvalue weighted by Gasteiger charge is -2.26. The summed E-state index contributed by atoms with van der Waals surface area (Å²) >= 11 is 1.51. The van der Waals surface area contributed by atoms with Gasteiger partial charge in [-0.1, -0.05) is 12.1 Å². The van der Waals surface area contributed by atoms with Crippen LogP contribution in [0.1, 0.15) is 33.3 Å². The summed E-state index contributed by atoms with van der Waals surface area (Å²) in [4.78, 5) is 29.1. The minimum absolute atomic E-state index is 0.0114. The number of likely N-dealkylation sites (tertiary alicyclic amines) is 1. The van der Waals surface area contributed by atoms with Gasteiger partial charge in [0.05, 0.1) is 17.4 Å². The molecule has 1 amide bonds. The maximum absolute atomic E-state index is 13.3. The zero-order valence-corrected chi connectivity index (χ0v) is 19.1. The molecular formula is C24H27FN2O4S. The standard InChI is InChI=1S/C24H27FN2O4S/c1-16-13-18(24(29)31-12-11-26-10-9-20(14-26)30-2)5-8-21(16)27-22(28)15-32-23(27)17-3-6-19(25)7-4-17/h3-8,13,20,23H,9-12,14-15H2,1-2H3/t20-,23?/m0/s1. The molecule has 4 rings (SSSR count). The van der Waals surface area contributed by atoms with Gasteiger partial charge in [0.15, 0.2) is 0 Å². The van der Waals surface area contributed by atoms with Crippen LogP contribution in [0.2, 0.25) is 0 Å². The number of carbonyl (C=O) groups is 2. The van der Waals surface area contributed by atoms with E-state index < -0.39 is 0 Å². The van der Waals surface area contributed by atoms with Crippen molar-refractivity contribution in [3.05, 3.63) is 65.0 Å². The van der Waals surface area contributed by atoms with Crippen molar-refractivity contribution in [3.63, 3.8) is 0 Å². The van der Waals surface area contributed by atoms with Gasteiger partial charge in [0, 0.05) is 32.4 Å². The van der Waals surface area contributed by atoms with Crippen molar-refractivity contribution in [2.75, 3.05) is 44.0 Å². The molecule has 2 aromatic rings. The Bertz CT molecular complexity index is 984. The summed E-state index contributed by atoms with van der Waals surface area (Å²) in [5, 5.41) is -0.226. The molecule has 0 spiro atoms. The number of anilines is 1. The second-order valence-corrected chi connectivity index (χ2v) is 9.13. The molecule has 0 aromatic heterocycles. The third-order valence-corrected chi connectivity index (χ3v) is 7.13. The van der Waals surface area contributed by atoms with Gasteiger partial charge in [-0.05, 0) is 54.8 Å². The fourth-order valence-electron chi connectivity index (χ4n) is 4.15. The van der Waals surface area contributed by atoms with Crippen molar-refractivity contribution in [1.82, 2.24) is 4.90 Å². The fourth-order valence-corrected chi connectivity index (χ4v) is 5.32. The van der Waals surface area contributed by atoms with E-state index in [2.05, 4.69) is 4.90 Å². The number of aryl methyl sites for hydroxylation is 1. The van der Waals surface area contributed by atoms with Gasteiger partial charge < -0.3 is 9.47 Å². The van der Waals surface area contributed by atoms with E-state index in [1.165, 1.54) is 23.9 Å². The van der Waals surface area contributed by atoms with E-state index >= 15 is 0 Å². The SMILES string of the molecule is CO[C@H]1CCN(CCOC(=O)c2ccc(N3C(=O)CSC3c3ccc(F)cc3)c(C)c2)C1. The summed E-state index contributed by atoms with van der Waals surface area (Å²) in [5.74, 6) is -0.342.